The number of fused-ring (bicyclic) bond motifs is 1. The van der Waals surface area contributed by atoms with Gasteiger partial charge >= 0.3 is 0 Å². The van der Waals surface area contributed by atoms with Gasteiger partial charge in [0.15, 0.2) is 5.78 Å². The van der Waals surface area contributed by atoms with Crippen LogP contribution in [-0.4, -0.2) is 45.4 Å². The quantitative estimate of drug-likeness (QED) is 0.639. The fraction of sp³-hybridized carbons (Fsp3) is 0.400. The Morgan fingerprint density at radius 1 is 1.29 bits per heavy atom. The first-order valence-electron chi connectivity index (χ1n) is 6.95. The summed E-state index contributed by atoms with van der Waals surface area (Å²) in [5.74, 6) is -0.786. The van der Waals surface area contributed by atoms with E-state index in [4.69, 9.17) is 0 Å². The number of carbonyl (C=O) groups is 3. The molecule has 0 spiro atoms. The summed E-state index contributed by atoms with van der Waals surface area (Å²) in [5.41, 5.74) is 1.49. The Kier molecular flexibility index (Phi) is 3.06. The molecular formula is C15H16N2O4. The van der Waals surface area contributed by atoms with E-state index in [1.807, 2.05) is 4.90 Å². The molecule has 2 heterocycles. The molecule has 0 bridgehead atoms. The van der Waals surface area contributed by atoms with Crippen LogP contribution in [0.3, 0.4) is 0 Å². The van der Waals surface area contributed by atoms with Gasteiger partial charge in [0.2, 0.25) is 11.6 Å². The van der Waals surface area contributed by atoms with Crippen molar-refractivity contribution in [2.75, 3.05) is 13.1 Å². The highest BCUT2D eigenvalue weighted by Gasteiger charge is 2.40. The Balaban J connectivity index is 2.21. The van der Waals surface area contributed by atoms with Gasteiger partial charge in [-0.3, -0.25) is 14.4 Å². The highest BCUT2D eigenvalue weighted by Crippen LogP contribution is 2.34. The van der Waals surface area contributed by atoms with Crippen LogP contribution in [0, 0.1) is 0 Å². The van der Waals surface area contributed by atoms with Gasteiger partial charge in [-0.05, 0) is 6.92 Å². The fourth-order valence-corrected chi connectivity index (χ4v) is 2.77. The number of H-pyrrole nitrogens is 1. The number of hydrogen-bond donors (Lipinski definition) is 2. The number of nitrogens with zero attached hydrogens (tertiary/aromatic N) is 1. The summed E-state index contributed by atoms with van der Waals surface area (Å²) in [7, 11) is 0. The lowest BCUT2D eigenvalue weighted by Crippen LogP contribution is -2.25. The van der Waals surface area contributed by atoms with Crippen LogP contribution in [0.15, 0.2) is 11.3 Å². The van der Waals surface area contributed by atoms with Crippen LogP contribution in [0.5, 0.6) is 0 Å². The number of aromatic amines is 1. The highest BCUT2D eigenvalue weighted by molar-refractivity contribution is 6.27. The predicted molar refractivity (Wildman–Crippen MR) is 74.3 cm³/mol. The van der Waals surface area contributed by atoms with E-state index in [9.17, 15) is 19.5 Å². The summed E-state index contributed by atoms with van der Waals surface area (Å²) in [6, 6.07) is 0. The van der Waals surface area contributed by atoms with Gasteiger partial charge in [0.25, 0.3) is 0 Å². The summed E-state index contributed by atoms with van der Waals surface area (Å²) in [6.07, 6.45) is 0.236. The van der Waals surface area contributed by atoms with Crippen molar-refractivity contribution in [1.82, 2.24) is 9.88 Å². The molecule has 0 saturated carbocycles. The molecule has 21 heavy (non-hydrogen) atoms. The first-order chi connectivity index (χ1) is 10.0. The molecule has 6 heteroatoms. The predicted octanol–water partition coefficient (Wildman–Crippen LogP) is 1.07. The van der Waals surface area contributed by atoms with E-state index in [1.165, 1.54) is 0 Å². The molecule has 6 nitrogen and oxygen atoms in total. The highest BCUT2D eigenvalue weighted by atomic mass is 16.3. The summed E-state index contributed by atoms with van der Waals surface area (Å²) < 4.78 is 0. The van der Waals surface area contributed by atoms with Gasteiger partial charge < -0.3 is 15.0 Å². The summed E-state index contributed by atoms with van der Waals surface area (Å²) in [6.45, 7) is 4.37. The zero-order valence-corrected chi connectivity index (χ0v) is 11.9. The first kappa shape index (κ1) is 13.8. The molecular weight excluding hydrogens is 272 g/mol. The Labute approximate surface area is 121 Å². The van der Waals surface area contributed by atoms with Gasteiger partial charge in [0.1, 0.15) is 0 Å². The number of rotatable bonds is 4. The van der Waals surface area contributed by atoms with Crippen molar-refractivity contribution in [3.63, 3.8) is 0 Å². The molecule has 2 N–H and O–H groups in total. The maximum Gasteiger partial charge on any atom is 0.212 e. The van der Waals surface area contributed by atoms with Gasteiger partial charge in [-0.15, -0.1) is 0 Å². The largest absolute Gasteiger partial charge is 0.392 e. The Hall–Kier alpha value is -2.21. The van der Waals surface area contributed by atoms with E-state index in [0.717, 1.165) is 13.1 Å². The molecule has 1 aliphatic carbocycles. The van der Waals surface area contributed by atoms with Crippen molar-refractivity contribution in [1.29, 1.82) is 0 Å². The van der Waals surface area contributed by atoms with Crippen molar-refractivity contribution < 1.29 is 19.5 Å². The van der Waals surface area contributed by atoms with E-state index in [0.29, 0.717) is 11.3 Å². The van der Waals surface area contributed by atoms with Crippen LogP contribution in [0.25, 0.3) is 0 Å². The van der Waals surface area contributed by atoms with Gasteiger partial charge in [0.05, 0.1) is 29.3 Å². The minimum absolute atomic E-state index is 0.129. The number of aromatic nitrogens is 1. The molecule has 1 aliphatic heterocycles. The molecule has 3 rings (SSSR count). The number of hydrogen-bond acceptors (Lipinski definition) is 5. The average Bonchev–Trinajstić information content (AvgIpc) is 3.22. The lowest BCUT2D eigenvalue weighted by atomic mass is 9.90. The number of allylic oxidation sites excluding steroid dienone is 2. The van der Waals surface area contributed by atoms with Crippen LogP contribution in [0.1, 0.15) is 57.2 Å². The molecule has 1 fully saturated rings. The lowest BCUT2D eigenvalue weighted by molar-refractivity contribution is 0.0957. The van der Waals surface area contributed by atoms with E-state index in [1.54, 1.807) is 13.8 Å². The number of carbonyl (C=O) groups excluding carboxylic acids is 3. The van der Waals surface area contributed by atoms with E-state index in [2.05, 4.69) is 4.98 Å². The second-order valence-electron chi connectivity index (χ2n) is 5.28. The van der Waals surface area contributed by atoms with Crippen molar-refractivity contribution in [3.8, 4) is 0 Å². The number of aliphatic hydroxyl groups excluding tert-OH is 1. The topological polar surface area (TPSA) is 90.2 Å². The second kappa shape index (κ2) is 4.66. The third kappa shape index (κ3) is 1.86. The standard InChI is InChI=1S/C15H16N2O4/c1-3-9(19)11-8(6-18)10-12(16-11)14(20)7(2)13(15(10)21)17-4-5-17/h16,18H,3-6H2,1-2H3. The zero-order valence-electron chi connectivity index (χ0n) is 11.9. The molecule has 1 aromatic heterocycles. The number of ketones is 3. The van der Waals surface area contributed by atoms with E-state index < -0.39 is 6.61 Å². The average molecular weight is 288 g/mol. The van der Waals surface area contributed by atoms with Crippen LogP contribution < -0.4 is 0 Å². The molecule has 0 radical (unpaired) electrons. The maximum absolute atomic E-state index is 12.7. The van der Waals surface area contributed by atoms with E-state index >= 15 is 0 Å². The van der Waals surface area contributed by atoms with Crippen molar-refractivity contribution in [2.45, 2.75) is 26.9 Å². The van der Waals surface area contributed by atoms with Gasteiger partial charge in [-0.1, -0.05) is 6.92 Å². The fourth-order valence-electron chi connectivity index (χ4n) is 2.77. The molecule has 0 unspecified atom stereocenters. The van der Waals surface area contributed by atoms with Crippen LogP contribution in [0.2, 0.25) is 0 Å². The first-order valence-corrected chi connectivity index (χ1v) is 6.95. The molecule has 0 amide bonds. The van der Waals surface area contributed by atoms with Crippen molar-refractivity contribution in [2.24, 2.45) is 0 Å². The van der Waals surface area contributed by atoms with Gasteiger partial charge in [-0.2, -0.15) is 0 Å². The normalized spacial score (nSPS) is 17.4. The third-order valence-electron chi connectivity index (χ3n) is 3.99. The van der Waals surface area contributed by atoms with Crippen LogP contribution >= 0.6 is 0 Å². The Morgan fingerprint density at radius 2 is 1.95 bits per heavy atom. The molecule has 1 aromatic rings. The number of aliphatic hydroxyl groups is 1. The van der Waals surface area contributed by atoms with Crippen molar-refractivity contribution >= 4 is 17.3 Å². The second-order valence-corrected chi connectivity index (χ2v) is 5.28. The minimum Gasteiger partial charge on any atom is -0.392 e. The van der Waals surface area contributed by atoms with Gasteiger partial charge in [0, 0.05) is 30.6 Å². The van der Waals surface area contributed by atoms with Crippen molar-refractivity contribution in [3.05, 3.63) is 33.8 Å². The molecule has 0 aromatic carbocycles. The summed E-state index contributed by atoms with van der Waals surface area (Å²) in [4.78, 5) is 41.6. The maximum atomic E-state index is 12.7. The molecule has 1 saturated heterocycles. The minimum atomic E-state index is -0.446. The van der Waals surface area contributed by atoms with Crippen LogP contribution in [0.4, 0.5) is 0 Å². The van der Waals surface area contributed by atoms with Gasteiger partial charge in [-0.25, -0.2) is 0 Å². The Bertz CT molecular complexity index is 708. The molecule has 110 valence electrons. The van der Waals surface area contributed by atoms with Crippen LogP contribution in [-0.2, 0) is 6.61 Å². The number of Topliss-reactive ketones (excluding diaryl/α,β-unsaturated/α-hetero) is 3. The SMILES string of the molecule is CCC(=O)c1[nH]c2c(c1CO)C(=O)C(N1CC1)=C(C)C2=O. The molecule has 2 aliphatic rings. The molecule has 0 atom stereocenters. The summed E-state index contributed by atoms with van der Waals surface area (Å²) >= 11 is 0. The third-order valence-corrected chi connectivity index (χ3v) is 3.99. The smallest absolute Gasteiger partial charge is 0.212 e. The number of nitrogens with one attached hydrogen (secondary N) is 1. The van der Waals surface area contributed by atoms with E-state index in [-0.39, 0.29) is 46.3 Å². The zero-order chi connectivity index (χ0) is 15.3. The summed E-state index contributed by atoms with van der Waals surface area (Å²) in [5, 5.41) is 9.55. The lowest BCUT2D eigenvalue weighted by Gasteiger charge is -2.18. The monoisotopic (exact) mass is 288 g/mol. The Morgan fingerprint density at radius 3 is 2.48 bits per heavy atom.